The van der Waals surface area contributed by atoms with Crippen molar-refractivity contribution in [3.8, 4) is 0 Å². The van der Waals surface area contributed by atoms with Crippen LogP contribution in [0.3, 0.4) is 0 Å². The first-order chi connectivity index (χ1) is 9.06. The van der Waals surface area contributed by atoms with Gasteiger partial charge in [-0.2, -0.15) is 5.10 Å². The van der Waals surface area contributed by atoms with Crippen LogP contribution in [0.5, 0.6) is 0 Å². The molecule has 0 radical (unpaired) electrons. The summed E-state index contributed by atoms with van der Waals surface area (Å²) in [5.74, 6) is -0.438. The van der Waals surface area contributed by atoms with Gasteiger partial charge in [0.1, 0.15) is 5.82 Å². The quantitative estimate of drug-likeness (QED) is 0.936. The molecule has 0 saturated heterocycles. The highest BCUT2D eigenvalue weighted by Crippen LogP contribution is 2.31. The van der Waals surface area contributed by atoms with Crippen LogP contribution >= 0.6 is 23.2 Å². The van der Waals surface area contributed by atoms with Crippen molar-refractivity contribution >= 4 is 23.2 Å². The lowest BCUT2D eigenvalue weighted by Gasteiger charge is -2.20. The van der Waals surface area contributed by atoms with E-state index in [-0.39, 0.29) is 11.1 Å². The van der Waals surface area contributed by atoms with Crippen molar-refractivity contribution < 1.29 is 4.39 Å². The number of nitrogens with zero attached hydrogens (tertiary/aromatic N) is 2. The minimum atomic E-state index is -0.438. The molecule has 1 atom stereocenters. The number of aromatic nitrogens is 2. The molecule has 6 heteroatoms. The highest BCUT2D eigenvalue weighted by Gasteiger charge is 2.23. The maximum atomic E-state index is 14.2. The zero-order valence-electron chi connectivity index (χ0n) is 10.6. The Morgan fingerprint density at radius 1 is 1.37 bits per heavy atom. The largest absolute Gasteiger partial charge is 0.305 e. The summed E-state index contributed by atoms with van der Waals surface area (Å²) in [5.41, 5.74) is 1.17. The molecule has 19 heavy (non-hydrogen) atoms. The van der Waals surface area contributed by atoms with Crippen molar-refractivity contribution in [1.29, 1.82) is 0 Å². The van der Waals surface area contributed by atoms with E-state index in [0.29, 0.717) is 22.8 Å². The van der Waals surface area contributed by atoms with Crippen molar-refractivity contribution in [2.45, 2.75) is 13.0 Å². The Morgan fingerprint density at radius 3 is 2.68 bits per heavy atom. The van der Waals surface area contributed by atoms with Gasteiger partial charge in [0, 0.05) is 12.6 Å². The van der Waals surface area contributed by atoms with Gasteiger partial charge in [-0.25, -0.2) is 4.39 Å². The van der Waals surface area contributed by atoms with E-state index in [0.717, 1.165) is 0 Å². The standard InChI is InChI=1S/C13H14Cl2FN3/c1-3-17-12(13-10(15)7-18-19(13)2)8-5-4-6-9(14)11(8)16/h4-7,12,17H,3H2,1-2H3. The summed E-state index contributed by atoms with van der Waals surface area (Å²) in [5, 5.41) is 7.88. The zero-order chi connectivity index (χ0) is 14.0. The predicted octanol–water partition coefficient (Wildman–Crippen LogP) is 3.56. The van der Waals surface area contributed by atoms with E-state index in [1.165, 1.54) is 6.07 Å². The number of halogens is 3. The Kier molecular flexibility index (Phi) is 4.45. The first kappa shape index (κ1) is 14.3. The normalized spacial score (nSPS) is 12.7. The second-order valence-electron chi connectivity index (χ2n) is 4.14. The second kappa shape index (κ2) is 5.90. The summed E-state index contributed by atoms with van der Waals surface area (Å²) in [6, 6.07) is 4.55. The SMILES string of the molecule is CCNC(c1cccc(Cl)c1F)c1c(Cl)cnn1C. The highest BCUT2D eigenvalue weighted by atomic mass is 35.5. The van der Waals surface area contributed by atoms with Gasteiger partial charge in [0.25, 0.3) is 0 Å². The predicted molar refractivity (Wildman–Crippen MR) is 75.1 cm³/mol. The van der Waals surface area contributed by atoms with Crippen molar-refractivity contribution in [2.24, 2.45) is 7.05 Å². The van der Waals surface area contributed by atoms with E-state index < -0.39 is 5.82 Å². The van der Waals surface area contributed by atoms with Crippen LogP contribution in [0.1, 0.15) is 24.2 Å². The van der Waals surface area contributed by atoms with Gasteiger partial charge in [-0.1, -0.05) is 42.3 Å². The van der Waals surface area contributed by atoms with Crippen LogP contribution in [0.15, 0.2) is 24.4 Å². The molecule has 0 aliphatic carbocycles. The minimum Gasteiger partial charge on any atom is -0.305 e. The average molecular weight is 302 g/mol. The second-order valence-corrected chi connectivity index (χ2v) is 4.95. The van der Waals surface area contributed by atoms with E-state index in [1.807, 2.05) is 6.92 Å². The maximum Gasteiger partial charge on any atom is 0.146 e. The number of rotatable bonds is 4. The molecule has 0 aliphatic rings. The molecule has 1 N–H and O–H groups in total. The van der Waals surface area contributed by atoms with Crippen LogP contribution in [0.4, 0.5) is 4.39 Å². The third-order valence-corrected chi connectivity index (χ3v) is 3.49. The Morgan fingerprint density at radius 2 is 2.11 bits per heavy atom. The van der Waals surface area contributed by atoms with Crippen LogP contribution in [0, 0.1) is 5.82 Å². The molecule has 1 aromatic carbocycles. The van der Waals surface area contributed by atoms with Gasteiger partial charge in [-0.15, -0.1) is 0 Å². The van der Waals surface area contributed by atoms with Crippen molar-refractivity contribution in [3.05, 3.63) is 51.5 Å². The third kappa shape index (κ3) is 2.76. The Hall–Kier alpha value is -1.10. The molecule has 0 fully saturated rings. The summed E-state index contributed by atoms with van der Waals surface area (Å²) < 4.78 is 15.8. The Balaban J connectivity index is 2.55. The zero-order valence-corrected chi connectivity index (χ0v) is 12.1. The first-order valence-electron chi connectivity index (χ1n) is 5.91. The van der Waals surface area contributed by atoms with E-state index in [4.69, 9.17) is 23.2 Å². The van der Waals surface area contributed by atoms with Gasteiger partial charge in [0.05, 0.1) is 28.0 Å². The van der Waals surface area contributed by atoms with Gasteiger partial charge in [-0.3, -0.25) is 4.68 Å². The van der Waals surface area contributed by atoms with E-state index >= 15 is 0 Å². The van der Waals surface area contributed by atoms with Crippen LogP contribution in [0.25, 0.3) is 0 Å². The monoisotopic (exact) mass is 301 g/mol. The van der Waals surface area contributed by atoms with E-state index in [9.17, 15) is 4.39 Å². The minimum absolute atomic E-state index is 0.0960. The summed E-state index contributed by atoms with van der Waals surface area (Å²) in [6.45, 7) is 2.61. The molecule has 1 heterocycles. The number of hydrogen-bond acceptors (Lipinski definition) is 2. The van der Waals surface area contributed by atoms with E-state index in [1.54, 1.807) is 30.1 Å². The van der Waals surface area contributed by atoms with Gasteiger partial charge in [-0.05, 0) is 12.6 Å². The molecule has 3 nitrogen and oxygen atoms in total. The van der Waals surface area contributed by atoms with Crippen molar-refractivity contribution in [3.63, 3.8) is 0 Å². The van der Waals surface area contributed by atoms with Crippen LogP contribution in [-0.4, -0.2) is 16.3 Å². The Labute approximate surface area is 121 Å². The molecule has 0 spiro atoms. The third-order valence-electron chi connectivity index (χ3n) is 2.91. The lowest BCUT2D eigenvalue weighted by molar-refractivity contribution is 0.532. The molecule has 0 bridgehead atoms. The van der Waals surface area contributed by atoms with Gasteiger partial charge in [0.15, 0.2) is 0 Å². The summed E-state index contributed by atoms with van der Waals surface area (Å²) in [4.78, 5) is 0. The lowest BCUT2D eigenvalue weighted by Crippen LogP contribution is -2.25. The van der Waals surface area contributed by atoms with Gasteiger partial charge in [0.2, 0.25) is 0 Å². The number of benzene rings is 1. The lowest BCUT2D eigenvalue weighted by atomic mass is 10.0. The smallest absolute Gasteiger partial charge is 0.146 e. The average Bonchev–Trinajstić information content (AvgIpc) is 2.70. The van der Waals surface area contributed by atoms with Crippen molar-refractivity contribution in [1.82, 2.24) is 15.1 Å². The molecule has 0 aliphatic heterocycles. The molecule has 2 aromatic rings. The molecule has 1 aromatic heterocycles. The fourth-order valence-electron chi connectivity index (χ4n) is 2.05. The summed E-state index contributed by atoms with van der Waals surface area (Å²) >= 11 is 12.0. The molecular weight excluding hydrogens is 288 g/mol. The molecule has 0 saturated carbocycles. The van der Waals surface area contributed by atoms with Gasteiger partial charge >= 0.3 is 0 Å². The van der Waals surface area contributed by atoms with Crippen LogP contribution in [-0.2, 0) is 7.05 Å². The van der Waals surface area contributed by atoms with Crippen LogP contribution < -0.4 is 5.32 Å². The number of hydrogen-bond donors (Lipinski definition) is 1. The molecular formula is C13H14Cl2FN3. The Bertz CT molecular complexity index is 564. The fourth-order valence-corrected chi connectivity index (χ4v) is 2.50. The highest BCUT2D eigenvalue weighted by molar-refractivity contribution is 6.31. The van der Waals surface area contributed by atoms with Crippen LogP contribution in [0.2, 0.25) is 10.0 Å². The molecule has 0 amide bonds. The number of nitrogens with one attached hydrogen (secondary N) is 1. The van der Waals surface area contributed by atoms with E-state index in [2.05, 4.69) is 10.4 Å². The topological polar surface area (TPSA) is 29.9 Å². The number of aryl methyl sites for hydroxylation is 1. The van der Waals surface area contributed by atoms with Gasteiger partial charge < -0.3 is 5.32 Å². The molecule has 2 rings (SSSR count). The molecule has 102 valence electrons. The maximum absolute atomic E-state index is 14.2. The first-order valence-corrected chi connectivity index (χ1v) is 6.66. The fraction of sp³-hybridized carbons (Fsp3) is 0.308. The summed E-state index contributed by atoms with van der Waals surface area (Å²) in [7, 11) is 1.77. The molecule has 1 unspecified atom stereocenters. The summed E-state index contributed by atoms with van der Waals surface area (Å²) in [6.07, 6.45) is 1.55. The van der Waals surface area contributed by atoms with Crippen molar-refractivity contribution in [2.75, 3.05) is 6.54 Å².